The van der Waals surface area contributed by atoms with Crippen LogP contribution in [-0.4, -0.2) is 18.2 Å². The summed E-state index contributed by atoms with van der Waals surface area (Å²) in [4.78, 5) is 4.06. The standard InChI is InChI=1S/C12H12N2O3/c13-6-9-12(17-7-14-9)8-1-2-10-11(5-8)16-4-3-15-10/h1-2,5,7H,3-4,6,13H2. The zero-order valence-corrected chi connectivity index (χ0v) is 9.18. The summed E-state index contributed by atoms with van der Waals surface area (Å²) in [6.07, 6.45) is 1.40. The van der Waals surface area contributed by atoms with Gasteiger partial charge in [0.05, 0.1) is 0 Å². The van der Waals surface area contributed by atoms with Gasteiger partial charge in [-0.1, -0.05) is 0 Å². The molecule has 0 aliphatic carbocycles. The number of nitrogens with zero attached hydrogens (tertiary/aromatic N) is 1. The monoisotopic (exact) mass is 232 g/mol. The summed E-state index contributed by atoms with van der Waals surface area (Å²) in [5, 5.41) is 0. The van der Waals surface area contributed by atoms with Crippen LogP contribution in [0.25, 0.3) is 11.3 Å². The fourth-order valence-electron chi connectivity index (χ4n) is 1.83. The molecule has 2 N–H and O–H groups in total. The second-order valence-corrected chi connectivity index (χ2v) is 3.69. The van der Waals surface area contributed by atoms with Crippen LogP contribution in [0.3, 0.4) is 0 Å². The molecule has 2 heterocycles. The smallest absolute Gasteiger partial charge is 0.181 e. The van der Waals surface area contributed by atoms with E-state index in [0.29, 0.717) is 25.5 Å². The maximum absolute atomic E-state index is 5.59. The predicted molar refractivity (Wildman–Crippen MR) is 60.8 cm³/mol. The van der Waals surface area contributed by atoms with E-state index in [1.54, 1.807) is 0 Å². The van der Waals surface area contributed by atoms with Crippen LogP contribution in [0.1, 0.15) is 5.69 Å². The fourth-order valence-corrected chi connectivity index (χ4v) is 1.83. The molecule has 0 unspecified atom stereocenters. The topological polar surface area (TPSA) is 70.5 Å². The van der Waals surface area contributed by atoms with Crippen LogP contribution in [0.15, 0.2) is 29.0 Å². The van der Waals surface area contributed by atoms with E-state index < -0.39 is 0 Å². The van der Waals surface area contributed by atoms with E-state index >= 15 is 0 Å². The highest BCUT2D eigenvalue weighted by Crippen LogP contribution is 2.35. The third kappa shape index (κ3) is 1.74. The first-order valence-electron chi connectivity index (χ1n) is 5.41. The summed E-state index contributed by atoms with van der Waals surface area (Å²) in [5.41, 5.74) is 7.23. The van der Waals surface area contributed by atoms with Crippen molar-refractivity contribution < 1.29 is 13.9 Å². The summed E-state index contributed by atoms with van der Waals surface area (Å²) in [7, 11) is 0. The molecule has 1 aromatic carbocycles. The van der Waals surface area contributed by atoms with Gasteiger partial charge in [-0.25, -0.2) is 4.98 Å². The van der Waals surface area contributed by atoms with E-state index in [2.05, 4.69) is 4.98 Å². The largest absolute Gasteiger partial charge is 0.486 e. The highest BCUT2D eigenvalue weighted by Gasteiger charge is 2.15. The molecule has 5 heteroatoms. The molecule has 88 valence electrons. The molecule has 0 atom stereocenters. The van der Waals surface area contributed by atoms with Gasteiger partial charge in [-0.05, 0) is 18.2 Å². The SMILES string of the molecule is NCc1ncoc1-c1ccc2c(c1)OCCO2. The third-order valence-corrected chi connectivity index (χ3v) is 2.64. The molecule has 0 radical (unpaired) electrons. The lowest BCUT2D eigenvalue weighted by Gasteiger charge is -2.18. The number of rotatable bonds is 2. The first kappa shape index (κ1) is 10.2. The van der Waals surface area contributed by atoms with Gasteiger partial charge < -0.3 is 19.6 Å². The third-order valence-electron chi connectivity index (χ3n) is 2.64. The Morgan fingerprint density at radius 3 is 2.82 bits per heavy atom. The van der Waals surface area contributed by atoms with E-state index in [-0.39, 0.29) is 0 Å². The van der Waals surface area contributed by atoms with Crippen molar-refractivity contribution in [3.63, 3.8) is 0 Å². The molecule has 1 aliphatic rings. The van der Waals surface area contributed by atoms with Crippen molar-refractivity contribution in [2.24, 2.45) is 5.73 Å². The van der Waals surface area contributed by atoms with E-state index in [9.17, 15) is 0 Å². The minimum Gasteiger partial charge on any atom is -0.486 e. The van der Waals surface area contributed by atoms with Crippen LogP contribution < -0.4 is 15.2 Å². The lowest BCUT2D eigenvalue weighted by Crippen LogP contribution is -2.15. The maximum atomic E-state index is 5.59. The average Bonchev–Trinajstić information content (AvgIpc) is 2.86. The zero-order chi connectivity index (χ0) is 11.7. The molecule has 2 aromatic rings. The maximum Gasteiger partial charge on any atom is 0.181 e. The summed E-state index contributed by atoms with van der Waals surface area (Å²) < 4.78 is 16.3. The second kappa shape index (κ2) is 4.10. The minimum absolute atomic E-state index is 0.347. The molecule has 0 bridgehead atoms. The predicted octanol–water partition coefficient (Wildman–Crippen LogP) is 1.57. The molecule has 0 amide bonds. The van der Waals surface area contributed by atoms with Gasteiger partial charge in [0, 0.05) is 12.1 Å². The van der Waals surface area contributed by atoms with E-state index in [4.69, 9.17) is 19.6 Å². The van der Waals surface area contributed by atoms with E-state index in [0.717, 1.165) is 22.8 Å². The first-order chi connectivity index (χ1) is 8.38. The first-order valence-corrected chi connectivity index (χ1v) is 5.41. The molecule has 5 nitrogen and oxygen atoms in total. The Balaban J connectivity index is 2.04. The highest BCUT2D eigenvalue weighted by molar-refractivity contribution is 5.64. The van der Waals surface area contributed by atoms with Crippen molar-refractivity contribution in [1.82, 2.24) is 4.98 Å². The Morgan fingerprint density at radius 2 is 2.00 bits per heavy atom. The molecular formula is C12H12N2O3. The van der Waals surface area contributed by atoms with Crippen LogP contribution >= 0.6 is 0 Å². The van der Waals surface area contributed by atoms with Crippen molar-refractivity contribution in [2.75, 3.05) is 13.2 Å². The minimum atomic E-state index is 0.347. The number of benzene rings is 1. The van der Waals surface area contributed by atoms with Gasteiger partial charge in [-0.2, -0.15) is 0 Å². The Kier molecular flexibility index (Phi) is 2.45. The normalized spacial score (nSPS) is 13.7. The summed E-state index contributed by atoms with van der Waals surface area (Å²) in [6.45, 7) is 1.50. The number of hydrogen-bond donors (Lipinski definition) is 1. The molecule has 3 rings (SSSR count). The average molecular weight is 232 g/mol. The summed E-state index contributed by atoms with van der Waals surface area (Å²) in [5.74, 6) is 2.17. The zero-order valence-electron chi connectivity index (χ0n) is 9.18. The van der Waals surface area contributed by atoms with Gasteiger partial charge in [0.1, 0.15) is 18.9 Å². The molecule has 0 saturated carbocycles. The van der Waals surface area contributed by atoms with Crippen LogP contribution in [0, 0.1) is 0 Å². The number of oxazole rings is 1. The molecule has 17 heavy (non-hydrogen) atoms. The van der Waals surface area contributed by atoms with Gasteiger partial charge in [-0.3, -0.25) is 0 Å². The molecule has 0 fully saturated rings. The van der Waals surface area contributed by atoms with E-state index in [1.165, 1.54) is 6.39 Å². The number of nitrogens with two attached hydrogens (primary N) is 1. The van der Waals surface area contributed by atoms with Crippen molar-refractivity contribution in [3.05, 3.63) is 30.3 Å². The Hall–Kier alpha value is -2.01. The van der Waals surface area contributed by atoms with Crippen molar-refractivity contribution in [1.29, 1.82) is 0 Å². The van der Waals surface area contributed by atoms with Crippen LogP contribution in [0.4, 0.5) is 0 Å². The van der Waals surface area contributed by atoms with Gasteiger partial charge in [0.15, 0.2) is 23.7 Å². The Bertz CT molecular complexity index is 536. The number of ether oxygens (including phenoxy) is 2. The van der Waals surface area contributed by atoms with Gasteiger partial charge in [-0.15, -0.1) is 0 Å². The van der Waals surface area contributed by atoms with Crippen LogP contribution in [0.5, 0.6) is 11.5 Å². The van der Waals surface area contributed by atoms with Gasteiger partial charge in [0.2, 0.25) is 0 Å². The quantitative estimate of drug-likeness (QED) is 0.851. The van der Waals surface area contributed by atoms with Gasteiger partial charge in [0.25, 0.3) is 0 Å². The number of fused-ring (bicyclic) bond motifs is 1. The fraction of sp³-hybridized carbons (Fsp3) is 0.250. The van der Waals surface area contributed by atoms with Crippen molar-refractivity contribution >= 4 is 0 Å². The molecular weight excluding hydrogens is 220 g/mol. The molecule has 1 aliphatic heterocycles. The summed E-state index contributed by atoms with van der Waals surface area (Å²) in [6, 6.07) is 5.66. The lowest BCUT2D eigenvalue weighted by atomic mass is 10.1. The Labute approximate surface area is 98.2 Å². The number of hydrogen-bond acceptors (Lipinski definition) is 5. The van der Waals surface area contributed by atoms with Crippen molar-refractivity contribution in [2.45, 2.75) is 6.54 Å². The number of aromatic nitrogens is 1. The summed E-state index contributed by atoms with van der Waals surface area (Å²) >= 11 is 0. The molecule has 0 spiro atoms. The lowest BCUT2D eigenvalue weighted by molar-refractivity contribution is 0.171. The molecule has 1 aromatic heterocycles. The second-order valence-electron chi connectivity index (χ2n) is 3.69. The highest BCUT2D eigenvalue weighted by atomic mass is 16.6. The molecule has 0 saturated heterocycles. The van der Waals surface area contributed by atoms with Crippen LogP contribution in [0.2, 0.25) is 0 Å². The van der Waals surface area contributed by atoms with Gasteiger partial charge >= 0.3 is 0 Å². The van der Waals surface area contributed by atoms with E-state index in [1.807, 2.05) is 18.2 Å². The van der Waals surface area contributed by atoms with Crippen LogP contribution in [-0.2, 0) is 6.54 Å². The van der Waals surface area contributed by atoms with Crippen molar-refractivity contribution in [3.8, 4) is 22.8 Å². The Morgan fingerprint density at radius 1 is 1.18 bits per heavy atom.